The van der Waals surface area contributed by atoms with Gasteiger partial charge in [0.15, 0.2) is 11.0 Å². The topological polar surface area (TPSA) is 88.8 Å². The van der Waals surface area contributed by atoms with Crippen LogP contribution in [0.4, 0.5) is 0 Å². The molecule has 0 unspecified atom stereocenters. The molecule has 1 fully saturated rings. The van der Waals surface area contributed by atoms with E-state index in [0.29, 0.717) is 30.4 Å². The van der Waals surface area contributed by atoms with Crippen LogP contribution in [0.15, 0.2) is 58.5 Å². The third kappa shape index (κ3) is 4.37. The zero-order chi connectivity index (χ0) is 23.7. The van der Waals surface area contributed by atoms with Crippen molar-refractivity contribution in [3.8, 4) is 11.4 Å². The van der Waals surface area contributed by atoms with Crippen molar-refractivity contribution in [1.82, 2.24) is 29.2 Å². The highest BCUT2D eigenvalue weighted by Gasteiger charge is 2.26. The van der Waals surface area contributed by atoms with Crippen LogP contribution < -0.4 is 5.69 Å². The number of thioether (sulfide) groups is 1. The predicted molar refractivity (Wildman–Crippen MR) is 134 cm³/mol. The number of fused-ring (bicyclic) bond motifs is 1. The first-order valence-corrected chi connectivity index (χ1v) is 12.7. The van der Waals surface area contributed by atoms with Crippen LogP contribution in [0.1, 0.15) is 25.8 Å². The number of amides is 1. The Kier molecular flexibility index (Phi) is 6.47. The van der Waals surface area contributed by atoms with Crippen LogP contribution in [-0.4, -0.2) is 54.0 Å². The van der Waals surface area contributed by atoms with Gasteiger partial charge >= 0.3 is 5.69 Å². The molecule has 3 heterocycles. The Labute approximate surface area is 205 Å². The fraction of sp³-hybridized carbons (Fsp3) is 0.333. The van der Waals surface area contributed by atoms with E-state index < -0.39 is 0 Å². The number of rotatable bonds is 6. The average molecular weight is 497 g/mol. The minimum Gasteiger partial charge on any atom is -0.342 e. The van der Waals surface area contributed by atoms with Crippen LogP contribution in [0.5, 0.6) is 0 Å². The quantitative estimate of drug-likeness (QED) is 0.404. The number of imidazole rings is 1. The van der Waals surface area contributed by atoms with Gasteiger partial charge in [0.25, 0.3) is 0 Å². The Morgan fingerprint density at radius 1 is 1.12 bits per heavy atom. The smallest absolute Gasteiger partial charge is 0.326 e. The molecule has 1 amide bonds. The largest absolute Gasteiger partial charge is 0.342 e. The van der Waals surface area contributed by atoms with Crippen molar-refractivity contribution in [1.29, 1.82) is 0 Å². The molecule has 5 rings (SSSR count). The first-order valence-electron chi connectivity index (χ1n) is 11.3. The Balaban J connectivity index is 1.21. The van der Waals surface area contributed by atoms with Crippen molar-refractivity contribution in [3.63, 3.8) is 0 Å². The molecule has 1 aliphatic heterocycles. The normalized spacial score (nSPS) is 14.7. The fourth-order valence-corrected chi connectivity index (χ4v) is 5.55. The first-order chi connectivity index (χ1) is 16.5. The van der Waals surface area contributed by atoms with Crippen LogP contribution in [0, 0.1) is 0 Å². The van der Waals surface area contributed by atoms with E-state index >= 15 is 0 Å². The van der Waals surface area contributed by atoms with E-state index in [-0.39, 0.29) is 17.6 Å². The minimum atomic E-state index is -0.0862. The highest BCUT2D eigenvalue weighted by atomic mass is 35.5. The SMILES string of the molecule is CCn1c(SCC(=O)N2CCC(n3c(=O)[nH]c4ccccc43)CC2)nnc1-c1ccc(Cl)cc1. The second-order valence-corrected chi connectivity index (χ2v) is 9.65. The molecule has 0 saturated carbocycles. The number of aromatic nitrogens is 5. The van der Waals surface area contributed by atoms with Crippen molar-refractivity contribution >= 4 is 40.3 Å². The van der Waals surface area contributed by atoms with Crippen LogP contribution in [0.3, 0.4) is 0 Å². The van der Waals surface area contributed by atoms with E-state index in [1.165, 1.54) is 11.8 Å². The Morgan fingerprint density at radius 2 is 1.85 bits per heavy atom. The molecule has 176 valence electrons. The number of halogens is 1. The number of carbonyl (C=O) groups is 1. The Hall–Kier alpha value is -3.04. The summed E-state index contributed by atoms with van der Waals surface area (Å²) in [6, 6.07) is 15.3. The maximum Gasteiger partial charge on any atom is 0.326 e. The first kappa shape index (κ1) is 22.7. The molecule has 4 aromatic rings. The van der Waals surface area contributed by atoms with Gasteiger partial charge in [0, 0.05) is 36.3 Å². The average Bonchev–Trinajstić information content (AvgIpc) is 3.42. The van der Waals surface area contributed by atoms with Gasteiger partial charge in [-0.3, -0.25) is 9.36 Å². The van der Waals surface area contributed by atoms with Gasteiger partial charge in [0.1, 0.15) is 0 Å². The summed E-state index contributed by atoms with van der Waals surface area (Å²) in [6.45, 7) is 4.00. The molecule has 2 aromatic carbocycles. The summed E-state index contributed by atoms with van der Waals surface area (Å²) in [5.74, 6) is 1.14. The molecule has 0 aliphatic carbocycles. The minimum absolute atomic E-state index is 0.0772. The maximum absolute atomic E-state index is 12.9. The van der Waals surface area contributed by atoms with Crippen LogP contribution in [0.25, 0.3) is 22.4 Å². The number of aromatic amines is 1. The van der Waals surface area contributed by atoms with Crippen LogP contribution >= 0.6 is 23.4 Å². The number of hydrogen-bond acceptors (Lipinski definition) is 5. The van der Waals surface area contributed by atoms with Crippen molar-refractivity contribution < 1.29 is 4.79 Å². The third-order valence-corrected chi connectivity index (χ3v) is 7.47. The standard InChI is InChI=1S/C24H25ClN6O2S/c1-2-30-22(16-7-9-17(25)10-8-16)27-28-24(30)34-15-21(32)29-13-11-18(12-14-29)31-20-6-4-3-5-19(20)26-23(31)33/h3-10,18H,2,11-15H2,1H3,(H,26,33). The monoisotopic (exact) mass is 496 g/mol. The van der Waals surface area contributed by atoms with E-state index in [2.05, 4.69) is 15.2 Å². The number of nitrogens with one attached hydrogen (secondary N) is 1. The lowest BCUT2D eigenvalue weighted by Crippen LogP contribution is -2.41. The van der Waals surface area contributed by atoms with E-state index in [4.69, 9.17) is 11.6 Å². The number of nitrogens with zero attached hydrogens (tertiary/aromatic N) is 5. The van der Waals surface area contributed by atoms with Gasteiger partial charge in [-0.25, -0.2) is 4.79 Å². The highest BCUT2D eigenvalue weighted by Crippen LogP contribution is 2.27. The van der Waals surface area contributed by atoms with Gasteiger partial charge in [-0.15, -0.1) is 10.2 Å². The molecule has 0 bridgehead atoms. The highest BCUT2D eigenvalue weighted by molar-refractivity contribution is 7.99. The van der Waals surface area contributed by atoms with Crippen LogP contribution in [-0.2, 0) is 11.3 Å². The number of likely N-dealkylation sites (tertiary alicyclic amines) is 1. The summed E-state index contributed by atoms with van der Waals surface area (Å²) in [6.07, 6.45) is 1.51. The fourth-order valence-electron chi connectivity index (χ4n) is 4.52. The number of benzene rings is 2. The van der Waals surface area contributed by atoms with Gasteiger partial charge in [-0.2, -0.15) is 0 Å². The molecule has 10 heteroatoms. The number of carbonyl (C=O) groups excluding carboxylic acids is 1. The number of hydrogen-bond donors (Lipinski definition) is 1. The molecule has 1 aliphatic rings. The van der Waals surface area contributed by atoms with Crippen molar-refractivity contribution in [2.75, 3.05) is 18.8 Å². The van der Waals surface area contributed by atoms with Crippen molar-refractivity contribution in [2.45, 2.75) is 37.5 Å². The predicted octanol–water partition coefficient (Wildman–Crippen LogP) is 4.22. The van der Waals surface area contributed by atoms with E-state index in [0.717, 1.165) is 40.4 Å². The molecule has 0 radical (unpaired) electrons. The molecular weight excluding hydrogens is 472 g/mol. The van der Waals surface area contributed by atoms with Gasteiger partial charge in [-0.1, -0.05) is 35.5 Å². The summed E-state index contributed by atoms with van der Waals surface area (Å²) >= 11 is 7.41. The molecule has 1 N–H and O–H groups in total. The summed E-state index contributed by atoms with van der Waals surface area (Å²) in [5, 5.41) is 10.1. The molecule has 2 aromatic heterocycles. The second-order valence-electron chi connectivity index (χ2n) is 8.28. The molecular formula is C24H25ClN6O2S. The second kappa shape index (κ2) is 9.68. The van der Waals surface area contributed by atoms with Crippen molar-refractivity contribution in [3.05, 3.63) is 64.0 Å². The zero-order valence-corrected chi connectivity index (χ0v) is 20.3. The van der Waals surface area contributed by atoms with Gasteiger partial charge < -0.3 is 14.5 Å². The van der Waals surface area contributed by atoms with Gasteiger partial charge in [0.05, 0.1) is 16.8 Å². The zero-order valence-electron chi connectivity index (χ0n) is 18.8. The Morgan fingerprint density at radius 3 is 2.59 bits per heavy atom. The number of piperidine rings is 1. The summed E-state index contributed by atoms with van der Waals surface area (Å²) in [4.78, 5) is 30.2. The van der Waals surface area contributed by atoms with E-state index in [1.807, 2.05) is 69.5 Å². The van der Waals surface area contributed by atoms with E-state index in [1.54, 1.807) is 0 Å². The van der Waals surface area contributed by atoms with Crippen molar-refractivity contribution in [2.24, 2.45) is 0 Å². The Bertz CT molecular complexity index is 1370. The number of H-pyrrole nitrogens is 1. The molecule has 0 spiro atoms. The lowest BCUT2D eigenvalue weighted by molar-refractivity contribution is -0.129. The molecule has 8 nitrogen and oxygen atoms in total. The summed E-state index contributed by atoms with van der Waals surface area (Å²) < 4.78 is 3.85. The number of para-hydroxylation sites is 2. The van der Waals surface area contributed by atoms with Gasteiger partial charge in [0.2, 0.25) is 5.91 Å². The van der Waals surface area contributed by atoms with Crippen LogP contribution in [0.2, 0.25) is 5.02 Å². The lowest BCUT2D eigenvalue weighted by Gasteiger charge is -2.32. The van der Waals surface area contributed by atoms with E-state index in [9.17, 15) is 9.59 Å². The molecule has 0 atom stereocenters. The summed E-state index contributed by atoms with van der Waals surface area (Å²) in [7, 11) is 0. The van der Waals surface area contributed by atoms with Gasteiger partial charge in [-0.05, 0) is 56.2 Å². The third-order valence-electron chi connectivity index (χ3n) is 6.27. The molecule has 1 saturated heterocycles. The maximum atomic E-state index is 12.9. The lowest BCUT2D eigenvalue weighted by atomic mass is 10.0. The summed E-state index contributed by atoms with van der Waals surface area (Å²) in [5.41, 5.74) is 2.62. The molecule has 34 heavy (non-hydrogen) atoms.